The Labute approximate surface area is 136 Å². The number of thiophene rings is 1. The Hall–Kier alpha value is -1.07. The monoisotopic (exact) mass is 323 g/mol. The molecule has 5 heteroatoms. The van der Waals surface area contributed by atoms with Crippen molar-refractivity contribution >= 4 is 17.4 Å². The van der Waals surface area contributed by atoms with E-state index in [1.807, 2.05) is 18.3 Å². The van der Waals surface area contributed by atoms with E-state index in [2.05, 4.69) is 26.8 Å². The third-order valence-corrected chi connectivity index (χ3v) is 6.66. The SMILES string of the molecule is C[C@H]1C[C@@]2(CCN1C(=O)O)OCCc1cc(C(C)(C)C)sc12. The third-order valence-electron chi connectivity index (χ3n) is 4.87. The number of piperidine rings is 1. The standard InChI is InChI=1S/C17H25NO3S/c1-11-10-17(6-7-18(11)15(19)20)14-12(5-8-21-17)9-13(22-14)16(2,3)4/h9,11H,5-8,10H2,1-4H3,(H,19,20)/t11-,17+/m0/s1. The van der Waals surface area contributed by atoms with Crippen molar-refractivity contribution in [3.05, 3.63) is 21.4 Å². The lowest BCUT2D eigenvalue weighted by Gasteiger charge is -2.46. The summed E-state index contributed by atoms with van der Waals surface area (Å²) < 4.78 is 6.25. The number of fused-ring (bicyclic) bond motifs is 2. The molecule has 2 aliphatic rings. The maximum atomic E-state index is 11.3. The number of hydrogen-bond acceptors (Lipinski definition) is 3. The van der Waals surface area contributed by atoms with E-state index < -0.39 is 6.09 Å². The van der Waals surface area contributed by atoms with Gasteiger partial charge in [-0.05, 0) is 36.8 Å². The fourth-order valence-corrected chi connectivity index (χ4v) is 5.07. The molecule has 4 nitrogen and oxygen atoms in total. The van der Waals surface area contributed by atoms with E-state index in [0.29, 0.717) is 6.54 Å². The van der Waals surface area contributed by atoms with E-state index >= 15 is 0 Å². The van der Waals surface area contributed by atoms with Crippen molar-refractivity contribution in [1.82, 2.24) is 4.90 Å². The summed E-state index contributed by atoms with van der Waals surface area (Å²) in [5, 5.41) is 9.29. The molecule has 1 saturated heterocycles. The molecule has 0 aliphatic carbocycles. The minimum absolute atomic E-state index is 0.00242. The number of hydrogen-bond donors (Lipinski definition) is 1. The summed E-state index contributed by atoms with van der Waals surface area (Å²) in [4.78, 5) is 15.6. The van der Waals surface area contributed by atoms with Crippen molar-refractivity contribution in [3.63, 3.8) is 0 Å². The van der Waals surface area contributed by atoms with Gasteiger partial charge in [0.25, 0.3) is 0 Å². The second kappa shape index (κ2) is 5.24. The number of carbonyl (C=O) groups is 1. The zero-order chi connectivity index (χ0) is 16.1. The quantitative estimate of drug-likeness (QED) is 0.786. The molecule has 0 saturated carbocycles. The lowest BCUT2D eigenvalue weighted by atomic mass is 9.82. The molecule has 0 bridgehead atoms. The number of nitrogens with zero attached hydrogens (tertiary/aromatic N) is 1. The topological polar surface area (TPSA) is 49.8 Å². The Kier molecular flexibility index (Phi) is 3.76. The number of ether oxygens (including phenoxy) is 1. The van der Waals surface area contributed by atoms with Crippen LogP contribution in [0.15, 0.2) is 6.07 Å². The fraction of sp³-hybridized carbons (Fsp3) is 0.706. The predicted octanol–water partition coefficient (Wildman–Crippen LogP) is 3.98. The van der Waals surface area contributed by atoms with Crippen LogP contribution in [0.2, 0.25) is 0 Å². The van der Waals surface area contributed by atoms with Crippen LogP contribution in [0.25, 0.3) is 0 Å². The Morgan fingerprint density at radius 3 is 2.82 bits per heavy atom. The summed E-state index contributed by atoms with van der Waals surface area (Å²) in [5.41, 5.74) is 1.29. The van der Waals surface area contributed by atoms with Crippen LogP contribution in [0.4, 0.5) is 4.79 Å². The third kappa shape index (κ3) is 2.54. The number of carboxylic acid groups (broad SMARTS) is 1. The van der Waals surface area contributed by atoms with Crippen LogP contribution in [-0.2, 0) is 22.2 Å². The van der Waals surface area contributed by atoms with E-state index in [4.69, 9.17) is 4.74 Å². The molecule has 1 amide bonds. The molecule has 2 atom stereocenters. The largest absolute Gasteiger partial charge is 0.465 e. The maximum absolute atomic E-state index is 11.3. The second-order valence-corrected chi connectivity index (χ2v) is 8.64. The second-order valence-electron chi connectivity index (χ2n) is 7.59. The Balaban J connectivity index is 1.95. The molecule has 1 aromatic rings. The lowest BCUT2D eigenvalue weighted by Crippen LogP contribution is -2.51. The van der Waals surface area contributed by atoms with Gasteiger partial charge in [-0.1, -0.05) is 20.8 Å². The smallest absolute Gasteiger partial charge is 0.407 e. The predicted molar refractivity (Wildman–Crippen MR) is 87.8 cm³/mol. The first-order valence-corrected chi connectivity index (χ1v) is 8.82. The van der Waals surface area contributed by atoms with Crippen molar-refractivity contribution in [2.24, 2.45) is 0 Å². The number of likely N-dealkylation sites (tertiary alicyclic amines) is 1. The normalized spacial score (nSPS) is 28.7. The molecule has 22 heavy (non-hydrogen) atoms. The van der Waals surface area contributed by atoms with Crippen LogP contribution >= 0.6 is 11.3 Å². The summed E-state index contributed by atoms with van der Waals surface area (Å²) in [6.45, 7) is 10.0. The highest BCUT2D eigenvalue weighted by Crippen LogP contribution is 2.48. The van der Waals surface area contributed by atoms with Gasteiger partial charge in [0.2, 0.25) is 0 Å². The van der Waals surface area contributed by atoms with E-state index in [1.54, 1.807) is 4.90 Å². The Bertz CT molecular complexity index is 589. The summed E-state index contributed by atoms with van der Waals surface area (Å²) >= 11 is 1.87. The molecule has 3 heterocycles. The summed E-state index contributed by atoms with van der Waals surface area (Å²) in [5.74, 6) is 0. The van der Waals surface area contributed by atoms with E-state index in [0.717, 1.165) is 25.9 Å². The summed E-state index contributed by atoms with van der Waals surface area (Å²) in [6, 6.07) is 2.34. The fourth-order valence-electron chi connectivity index (χ4n) is 3.62. The molecular formula is C17H25NO3S. The van der Waals surface area contributed by atoms with Crippen LogP contribution in [0, 0.1) is 0 Å². The average Bonchev–Trinajstić information content (AvgIpc) is 2.84. The van der Waals surface area contributed by atoms with Gasteiger partial charge < -0.3 is 14.7 Å². The minimum atomic E-state index is -0.819. The highest BCUT2D eigenvalue weighted by Gasteiger charge is 2.46. The number of rotatable bonds is 0. The van der Waals surface area contributed by atoms with E-state index in [1.165, 1.54) is 15.3 Å². The van der Waals surface area contributed by atoms with E-state index in [9.17, 15) is 9.90 Å². The number of amides is 1. The van der Waals surface area contributed by atoms with Gasteiger partial charge in [-0.25, -0.2) is 4.79 Å². The summed E-state index contributed by atoms with van der Waals surface area (Å²) in [7, 11) is 0. The molecule has 122 valence electrons. The van der Waals surface area contributed by atoms with Crippen LogP contribution < -0.4 is 0 Å². The Morgan fingerprint density at radius 2 is 2.23 bits per heavy atom. The van der Waals surface area contributed by atoms with Gasteiger partial charge in [0, 0.05) is 28.8 Å². The summed E-state index contributed by atoms with van der Waals surface area (Å²) in [6.07, 6.45) is 1.68. The van der Waals surface area contributed by atoms with Crippen molar-refractivity contribution in [2.75, 3.05) is 13.2 Å². The van der Waals surface area contributed by atoms with Gasteiger partial charge in [-0.2, -0.15) is 0 Å². The molecule has 0 aromatic carbocycles. The molecular weight excluding hydrogens is 298 g/mol. The molecule has 0 unspecified atom stereocenters. The minimum Gasteiger partial charge on any atom is -0.465 e. The lowest BCUT2D eigenvalue weighted by molar-refractivity contribution is -0.104. The van der Waals surface area contributed by atoms with Gasteiger partial charge in [-0.3, -0.25) is 0 Å². The molecule has 2 aliphatic heterocycles. The first kappa shape index (κ1) is 15.8. The van der Waals surface area contributed by atoms with Gasteiger partial charge in [-0.15, -0.1) is 11.3 Å². The molecule has 1 aromatic heterocycles. The highest BCUT2D eigenvalue weighted by atomic mass is 32.1. The first-order chi connectivity index (χ1) is 10.2. The van der Waals surface area contributed by atoms with Gasteiger partial charge in [0.05, 0.1) is 6.61 Å². The van der Waals surface area contributed by atoms with Crippen LogP contribution in [0.5, 0.6) is 0 Å². The molecule has 1 fully saturated rings. The van der Waals surface area contributed by atoms with Gasteiger partial charge in [0.1, 0.15) is 5.60 Å². The van der Waals surface area contributed by atoms with Crippen LogP contribution in [0.3, 0.4) is 0 Å². The molecule has 1 spiro atoms. The highest BCUT2D eigenvalue weighted by molar-refractivity contribution is 7.12. The van der Waals surface area contributed by atoms with Crippen LogP contribution in [-0.4, -0.2) is 35.3 Å². The Morgan fingerprint density at radius 1 is 1.50 bits per heavy atom. The first-order valence-electron chi connectivity index (χ1n) is 8.00. The maximum Gasteiger partial charge on any atom is 0.407 e. The van der Waals surface area contributed by atoms with Crippen LogP contribution in [0.1, 0.15) is 55.9 Å². The molecule has 0 radical (unpaired) electrons. The van der Waals surface area contributed by atoms with Gasteiger partial charge in [0.15, 0.2) is 0 Å². The van der Waals surface area contributed by atoms with Gasteiger partial charge >= 0.3 is 6.09 Å². The average molecular weight is 323 g/mol. The zero-order valence-corrected chi connectivity index (χ0v) is 14.6. The van der Waals surface area contributed by atoms with Crippen molar-refractivity contribution in [1.29, 1.82) is 0 Å². The molecule has 3 rings (SSSR count). The zero-order valence-electron chi connectivity index (χ0n) is 13.8. The van der Waals surface area contributed by atoms with Crippen molar-refractivity contribution in [3.8, 4) is 0 Å². The molecule has 1 N–H and O–H groups in total. The van der Waals surface area contributed by atoms with E-state index in [-0.39, 0.29) is 17.1 Å². The van der Waals surface area contributed by atoms with Crippen molar-refractivity contribution < 1.29 is 14.6 Å². The van der Waals surface area contributed by atoms with Crippen molar-refractivity contribution in [2.45, 2.75) is 64.0 Å².